The number of hydrogen-bond donors (Lipinski definition) is 0. The van der Waals surface area contributed by atoms with E-state index in [2.05, 4.69) is 48.5 Å². The summed E-state index contributed by atoms with van der Waals surface area (Å²) in [5.41, 5.74) is 5.11. The fourth-order valence-corrected chi connectivity index (χ4v) is 3.18. The molecule has 0 saturated heterocycles. The molecule has 0 radical (unpaired) electrons. The van der Waals surface area contributed by atoms with Crippen LogP contribution >= 0.6 is 0 Å². The summed E-state index contributed by atoms with van der Waals surface area (Å²) in [7, 11) is 0. The van der Waals surface area contributed by atoms with Crippen LogP contribution in [0.5, 0.6) is 0 Å². The number of rotatable bonds is 1. The monoisotopic (exact) mass is 248 g/mol. The second-order valence-electron chi connectivity index (χ2n) is 5.27. The highest BCUT2D eigenvalue weighted by atomic mass is 16.3. The molecule has 0 saturated carbocycles. The van der Waals surface area contributed by atoms with Crippen LogP contribution in [-0.4, -0.2) is 0 Å². The first kappa shape index (κ1) is 10.9. The van der Waals surface area contributed by atoms with Crippen LogP contribution < -0.4 is 0 Å². The van der Waals surface area contributed by atoms with Crippen molar-refractivity contribution in [1.29, 1.82) is 0 Å². The lowest BCUT2D eigenvalue weighted by atomic mass is 10.0. The summed E-state index contributed by atoms with van der Waals surface area (Å²) in [6.07, 6.45) is 4.84. The highest BCUT2D eigenvalue weighted by molar-refractivity contribution is 5.91. The third kappa shape index (κ3) is 1.69. The summed E-state index contributed by atoms with van der Waals surface area (Å²) in [6, 6.07) is 16.9. The SMILES string of the molecule is c1ccc(-c2oc3cccc4c3c2CCCC4)cc1. The zero-order chi connectivity index (χ0) is 12.7. The molecule has 0 unspecified atom stereocenters. The molecule has 0 bridgehead atoms. The van der Waals surface area contributed by atoms with E-state index in [-0.39, 0.29) is 0 Å². The molecule has 1 heteroatoms. The Morgan fingerprint density at radius 1 is 0.789 bits per heavy atom. The van der Waals surface area contributed by atoms with E-state index in [4.69, 9.17) is 4.42 Å². The molecule has 2 aromatic carbocycles. The van der Waals surface area contributed by atoms with Crippen molar-refractivity contribution in [3.05, 3.63) is 59.7 Å². The predicted molar refractivity (Wildman–Crippen MR) is 78.3 cm³/mol. The van der Waals surface area contributed by atoms with Gasteiger partial charge in [-0.1, -0.05) is 42.5 Å². The van der Waals surface area contributed by atoms with Gasteiger partial charge in [-0.3, -0.25) is 0 Å². The van der Waals surface area contributed by atoms with Crippen LogP contribution in [0.25, 0.3) is 22.3 Å². The van der Waals surface area contributed by atoms with Gasteiger partial charge in [0.25, 0.3) is 0 Å². The first-order valence-corrected chi connectivity index (χ1v) is 7.02. The summed E-state index contributed by atoms with van der Waals surface area (Å²) in [4.78, 5) is 0. The molecule has 4 rings (SSSR count). The van der Waals surface area contributed by atoms with Gasteiger partial charge in [0.2, 0.25) is 0 Å². The Morgan fingerprint density at radius 3 is 2.53 bits per heavy atom. The topological polar surface area (TPSA) is 13.1 Å². The largest absolute Gasteiger partial charge is 0.456 e. The summed E-state index contributed by atoms with van der Waals surface area (Å²) < 4.78 is 6.15. The minimum Gasteiger partial charge on any atom is -0.456 e. The third-order valence-electron chi connectivity index (χ3n) is 4.06. The van der Waals surface area contributed by atoms with Crippen LogP contribution in [0.15, 0.2) is 52.9 Å². The molecule has 94 valence electrons. The Labute approximate surface area is 112 Å². The smallest absolute Gasteiger partial charge is 0.138 e. The lowest BCUT2D eigenvalue weighted by Crippen LogP contribution is -1.85. The fraction of sp³-hybridized carbons (Fsp3) is 0.222. The van der Waals surface area contributed by atoms with Crippen molar-refractivity contribution in [2.75, 3.05) is 0 Å². The molecule has 1 aliphatic carbocycles. The Kier molecular flexibility index (Phi) is 2.44. The van der Waals surface area contributed by atoms with Crippen LogP contribution in [0.3, 0.4) is 0 Å². The first-order chi connectivity index (χ1) is 9.43. The molecule has 1 aromatic heterocycles. The predicted octanol–water partition coefficient (Wildman–Crippen LogP) is 4.98. The van der Waals surface area contributed by atoms with Gasteiger partial charge in [0.1, 0.15) is 11.3 Å². The molecular formula is C18H16O. The summed E-state index contributed by atoms with van der Waals surface area (Å²) in [6.45, 7) is 0. The van der Waals surface area contributed by atoms with Gasteiger partial charge in [-0.15, -0.1) is 0 Å². The van der Waals surface area contributed by atoms with E-state index in [0.29, 0.717) is 0 Å². The zero-order valence-electron chi connectivity index (χ0n) is 10.9. The molecule has 1 nitrogen and oxygen atoms in total. The number of furan rings is 1. The molecule has 0 fully saturated rings. The van der Waals surface area contributed by atoms with Crippen LogP contribution in [0.2, 0.25) is 0 Å². The molecule has 0 amide bonds. The van der Waals surface area contributed by atoms with E-state index in [1.165, 1.54) is 41.3 Å². The molecule has 19 heavy (non-hydrogen) atoms. The van der Waals surface area contributed by atoms with Crippen molar-refractivity contribution < 1.29 is 4.42 Å². The summed E-state index contributed by atoms with van der Waals surface area (Å²) in [5.74, 6) is 1.07. The lowest BCUT2D eigenvalue weighted by Gasteiger charge is -2.01. The van der Waals surface area contributed by atoms with Gasteiger partial charge in [-0.05, 0) is 37.3 Å². The highest BCUT2D eigenvalue weighted by Gasteiger charge is 2.19. The van der Waals surface area contributed by atoms with E-state index in [1.54, 1.807) is 0 Å². The van der Waals surface area contributed by atoms with Crippen molar-refractivity contribution >= 4 is 11.0 Å². The second-order valence-corrected chi connectivity index (χ2v) is 5.27. The summed E-state index contributed by atoms with van der Waals surface area (Å²) >= 11 is 0. The Morgan fingerprint density at radius 2 is 1.63 bits per heavy atom. The third-order valence-corrected chi connectivity index (χ3v) is 4.06. The van der Waals surface area contributed by atoms with Gasteiger partial charge in [0.15, 0.2) is 0 Å². The lowest BCUT2D eigenvalue weighted by molar-refractivity contribution is 0.622. The van der Waals surface area contributed by atoms with Crippen LogP contribution in [0.4, 0.5) is 0 Å². The van der Waals surface area contributed by atoms with Gasteiger partial charge in [-0.25, -0.2) is 0 Å². The van der Waals surface area contributed by atoms with Crippen molar-refractivity contribution in [3.63, 3.8) is 0 Å². The van der Waals surface area contributed by atoms with E-state index < -0.39 is 0 Å². The Balaban J connectivity index is 2.04. The molecule has 0 spiro atoms. The molecule has 1 aliphatic rings. The van der Waals surface area contributed by atoms with E-state index in [0.717, 1.165) is 17.8 Å². The van der Waals surface area contributed by atoms with Gasteiger partial charge in [0.05, 0.1) is 0 Å². The molecule has 1 heterocycles. The molecule has 3 aromatic rings. The zero-order valence-corrected chi connectivity index (χ0v) is 10.9. The maximum Gasteiger partial charge on any atom is 0.138 e. The fourth-order valence-electron chi connectivity index (χ4n) is 3.18. The Hall–Kier alpha value is -2.02. The first-order valence-electron chi connectivity index (χ1n) is 7.02. The van der Waals surface area contributed by atoms with Crippen molar-refractivity contribution in [1.82, 2.24) is 0 Å². The standard InChI is InChI=1S/C18H16O/c1-2-8-14(9-3-1)18-15-11-5-4-7-13-10-6-12-16(19-18)17(13)15/h1-3,6,8-10,12H,4-5,7,11H2. The van der Waals surface area contributed by atoms with Gasteiger partial charge in [0, 0.05) is 16.5 Å². The molecule has 0 atom stereocenters. The number of aryl methyl sites for hydroxylation is 2. The number of benzene rings is 2. The minimum absolute atomic E-state index is 1.05. The van der Waals surface area contributed by atoms with Crippen molar-refractivity contribution in [2.24, 2.45) is 0 Å². The van der Waals surface area contributed by atoms with Crippen LogP contribution in [0, 0.1) is 0 Å². The molecular weight excluding hydrogens is 232 g/mol. The van der Waals surface area contributed by atoms with E-state index >= 15 is 0 Å². The van der Waals surface area contributed by atoms with Gasteiger partial charge < -0.3 is 4.42 Å². The average Bonchev–Trinajstić information content (AvgIpc) is 2.69. The van der Waals surface area contributed by atoms with Crippen molar-refractivity contribution in [3.8, 4) is 11.3 Å². The van der Waals surface area contributed by atoms with Gasteiger partial charge >= 0.3 is 0 Å². The highest BCUT2D eigenvalue weighted by Crippen LogP contribution is 2.38. The summed E-state index contributed by atoms with van der Waals surface area (Å²) in [5, 5.41) is 1.37. The average molecular weight is 248 g/mol. The number of hydrogen-bond acceptors (Lipinski definition) is 1. The second kappa shape index (κ2) is 4.27. The van der Waals surface area contributed by atoms with Crippen molar-refractivity contribution in [2.45, 2.75) is 25.7 Å². The Bertz CT molecular complexity index is 722. The quantitative estimate of drug-likeness (QED) is 0.592. The normalized spacial score (nSPS) is 14.5. The molecule has 0 aliphatic heterocycles. The van der Waals surface area contributed by atoms with Crippen LogP contribution in [0.1, 0.15) is 24.0 Å². The van der Waals surface area contributed by atoms with Crippen LogP contribution in [-0.2, 0) is 12.8 Å². The minimum atomic E-state index is 1.05. The van der Waals surface area contributed by atoms with E-state index in [1.807, 2.05) is 0 Å². The maximum atomic E-state index is 6.15. The van der Waals surface area contributed by atoms with E-state index in [9.17, 15) is 0 Å². The van der Waals surface area contributed by atoms with Gasteiger partial charge in [-0.2, -0.15) is 0 Å². The maximum absolute atomic E-state index is 6.15. The molecule has 0 N–H and O–H groups in total.